The summed E-state index contributed by atoms with van der Waals surface area (Å²) in [7, 11) is 3.24. The Morgan fingerprint density at radius 2 is 1.88 bits per heavy atom. The van der Waals surface area contributed by atoms with Crippen molar-refractivity contribution in [3.63, 3.8) is 0 Å². The highest BCUT2D eigenvalue weighted by Gasteiger charge is 2.21. The van der Waals surface area contributed by atoms with E-state index in [2.05, 4.69) is 10.6 Å². The average Bonchev–Trinajstić information content (AvgIpc) is 2.62. The second kappa shape index (κ2) is 9.47. The maximum absolute atomic E-state index is 12.1. The van der Waals surface area contributed by atoms with Crippen LogP contribution in [0.15, 0.2) is 18.2 Å². The lowest BCUT2D eigenvalue weighted by Gasteiger charge is -2.21. The van der Waals surface area contributed by atoms with E-state index in [0.717, 1.165) is 37.7 Å². The molecule has 0 heterocycles. The lowest BCUT2D eigenvalue weighted by Crippen LogP contribution is -2.43. The van der Waals surface area contributed by atoms with Crippen LogP contribution in [-0.2, 0) is 11.2 Å². The molecule has 132 valence electrons. The van der Waals surface area contributed by atoms with Gasteiger partial charge in [-0.15, -0.1) is 0 Å². The predicted octanol–water partition coefficient (Wildman–Crippen LogP) is 2.82. The molecule has 0 bridgehead atoms. The quantitative estimate of drug-likeness (QED) is 0.773. The summed E-state index contributed by atoms with van der Waals surface area (Å²) in [6.07, 6.45) is 6.23. The van der Waals surface area contributed by atoms with Gasteiger partial charge in [-0.25, -0.2) is 0 Å². The van der Waals surface area contributed by atoms with Crippen LogP contribution < -0.4 is 20.1 Å². The molecule has 2 N–H and O–H groups in total. The van der Waals surface area contributed by atoms with Crippen LogP contribution in [0.25, 0.3) is 0 Å². The number of nitrogens with one attached hydrogen (secondary N) is 2. The lowest BCUT2D eigenvalue weighted by atomic mass is 9.89. The van der Waals surface area contributed by atoms with Crippen molar-refractivity contribution in [3.8, 4) is 11.5 Å². The second-order valence-corrected chi connectivity index (χ2v) is 6.43. The summed E-state index contributed by atoms with van der Waals surface area (Å²) < 4.78 is 10.5. The van der Waals surface area contributed by atoms with Gasteiger partial charge < -0.3 is 20.1 Å². The number of ether oxygens (including phenoxy) is 2. The Hall–Kier alpha value is -1.82. The number of amides is 1. The van der Waals surface area contributed by atoms with E-state index in [4.69, 9.17) is 21.7 Å². The van der Waals surface area contributed by atoms with Gasteiger partial charge in [0.2, 0.25) is 5.91 Å². The Kier molecular flexibility index (Phi) is 7.31. The molecule has 1 fully saturated rings. The van der Waals surface area contributed by atoms with Gasteiger partial charge in [0, 0.05) is 12.5 Å². The maximum atomic E-state index is 12.1. The van der Waals surface area contributed by atoms with Crippen molar-refractivity contribution in [1.29, 1.82) is 0 Å². The summed E-state index contributed by atoms with van der Waals surface area (Å²) in [5.41, 5.74) is 1.11. The molecule has 0 spiro atoms. The van der Waals surface area contributed by atoms with E-state index >= 15 is 0 Å². The summed E-state index contributed by atoms with van der Waals surface area (Å²) in [5, 5.41) is 6.32. The monoisotopic (exact) mass is 350 g/mol. The molecular formula is C18H26N2O3S. The van der Waals surface area contributed by atoms with Crippen molar-refractivity contribution in [3.05, 3.63) is 23.8 Å². The molecule has 1 saturated carbocycles. The zero-order valence-electron chi connectivity index (χ0n) is 14.4. The van der Waals surface area contributed by atoms with Crippen LogP contribution in [0.4, 0.5) is 0 Å². The van der Waals surface area contributed by atoms with E-state index in [9.17, 15) is 4.79 Å². The van der Waals surface area contributed by atoms with E-state index in [1.807, 2.05) is 18.2 Å². The standard InChI is InChI=1S/C18H26N2O3S/c1-22-15-9-8-13(12-16(15)23-2)10-11-19-18(24)20-17(21)14-6-4-3-5-7-14/h8-9,12,14H,3-7,10-11H2,1-2H3,(H2,19,20,21,24). The highest BCUT2D eigenvalue weighted by Crippen LogP contribution is 2.27. The Morgan fingerprint density at radius 3 is 2.54 bits per heavy atom. The number of carbonyl (C=O) groups excluding carboxylic acids is 1. The number of hydrogen-bond acceptors (Lipinski definition) is 4. The largest absolute Gasteiger partial charge is 0.493 e. The van der Waals surface area contributed by atoms with Crippen LogP contribution in [0.3, 0.4) is 0 Å². The molecule has 5 nitrogen and oxygen atoms in total. The summed E-state index contributed by atoms with van der Waals surface area (Å²) in [6.45, 7) is 0.652. The predicted molar refractivity (Wildman–Crippen MR) is 98.6 cm³/mol. The summed E-state index contributed by atoms with van der Waals surface area (Å²) in [6, 6.07) is 5.83. The van der Waals surface area contributed by atoms with E-state index in [1.54, 1.807) is 14.2 Å². The molecule has 1 aliphatic rings. The van der Waals surface area contributed by atoms with Crippen LogP contribution >= 0.6 is 12.2 Å². The molecule has 1 aliphatic carbocycles. The minimum atomic E-state index is 0.0540. The third-order valence-corrected chi connectivity index (χ3v) is 4.61. The molecule has 1 aromatic carbocycles. The van der Waals surface area contributed by atoms with Gasteiger partial charge >= 0.3 is 0 Å². The normalized spacial score (nSPS) is 14.8. The molecule has 2 rings (SSSR count). The Bertz CT molecular complexity index is 571. The van der Waals surface area contributed by atoms with Gasteiger partial charge in [0.1, 0.15) is 0 Å². The molecule has 1 aromatic rings. The summed E-state index contributed by atoms with van der Waals surface area (Å²) in [5.74, 6) is 1.59. The SMILES string of the molecule is COc1ccc(CCNC(=S)NC(=O)C2CCCCC2)cc1OC. The molecule has 0 saturated heterocycles. The third-order valence-electron chi connectivity index (χ3n) is 4.36. The lowest BCUT2D eigenvalue weighted by molar-refractivity contribution is -0.124. The van der Waals surface area contributed by atoms with Gasteiger partial charge in [-0.3, -0.25) is 4.79 Å². The first-order valence-corrected chi connectivity index (χ1v) is 8.84. The number of rotatable bonds is 6. The van der Waals surface area contributed by atoms with Crippen LogP contribution in [0.5, 0.6) is 11.5 Å². The number of methoxy groups -OCH3 is 2. The fourth-order valence-corrected chi connectivity index (χ4v) is 3.18. The van der Waals surface area contributed by atoms with E-state index in [1.165, 1.54) is 6.42 Å². The van der Waals surface area contributed by atoms with Crippen molar-refractivity contribution >= 4 is 23.2 Å². The van der Waals surface area contributed by atoms with Crippen LogP contribution in [0.1, 0.15) is 37.7 Å². The topological polar surface area (TPSA) is 59.6 Å². The maximum Gasteiger partial charge on any atom is 0.229 e. The van der Waals surface area contributed by atoms with Crippen molar-refractivity contribution in [2.45, 2.75) is 38.5 Å². The number of benzene rings is 1. The van der Waals surface area contributed by atoms with Crippen molar-refractivity contribution in [2.75, 3.05) is 20.8 Å². The number of hydrogen-bond donors (Lipinski definition) is 2. The molecule has 0 unspecified atom stereocenters. The molecular weight excluding hydrogens is 324 g/mol. The van der Waals surface area contributed by atoms with Gasteiger partial charge in [0.05, 0.1) is 14.2 Å². The molecule has 1 amide bonds. The second-order valence-electron chi connectivity index (χ2n) is 6.02. The van der Waals surface area contributed by atoms with E-state index in [-0.39, 0.29) is 11.8 Å². The van der Waals surface area contributed by atoms with Gasteiger partial charge in [-0.2, -0.15) is 0 Å². The van der Waals surface area contributed by atoms with Crippen molar-refractivity contribution in [1.82, 2.24) is 10.6 Å². The molecule has 0 radical (unpaired) electrons. The zero-order chi connectivity index (χ0) is 17.4. The Labute approximate surface area is 149 Å². The van der Waals surface area contributed by atoms with Gasteiger partial charge in [-0.1, -0.05) is 25.3 Å². The van der Waals surface area contributed by atoms with Gasteiger partial charge in [-0.05, 0) is 49.2 Å². The van der Waals surface area contributed by atoms with Crippen molar-refractivity contribution < 1.29 is 14.3 Å². The molecule has 24 heavy (non-hydrogen) atoms. The van der Waals surface area contributed by atoms with Crippen LogP contribution in [0, 0.1) is 5.92 Å². The van der Waals surface area contributed by atoms with E-state index < -0.39 is 0 Å². The molecule has 0 atom stereocenters. The average molecular weight is 350 g/mol. The third kappa shape index (κ3) is 5.37. The van der Waals surface area contributed by atoms with Crippen LogP contribution in [0.2, 0.25) is 0 Å². The number of carbonyl (C=O) groups is 1. The summed E-state index contributed by atoms with van der Waals surface area (Å²) >= 11 is 5.22. The molecule has 0 aliphatic heterocycles. The highest BCUT2D eigenvalue weighted by molar-refractivity contribution is 7.80. The van der Waals surface area contributed by atoms with E-state index in [0.29, 0.717) is 23.2 Å². The minimum Gasteiger partial charge on any atom is -0.493 e. The van der Waals surface area contributed by atoms with Gasteiger partial charge in [0.25, 0.3) is 0 Å². The number of thiocarbonyl (C=S) groups is 1. The Balaban J connectivity index is 1.75. The fourth-order valence-electron chi connectivity index (χ4n) is 2.98. The first-order valence-electron chi connectivity index (χ1n) is 8.43. The Morgan fingerprint density at radius 1 is 1.17 bits per heavy atom. The highest BCUT2D eigenvalue weighted by atomic mass is 32.1. The van der Waals surface area contributed by atoms with Crippen LogP contribution in [-0.4, -0.2) is 31.8 Å². The zero-order valence-corrected chi connectivity index (χ0v) is 15.2. The first-order chi connectivity index (χ1) is 11.6. The summed E-state index contributed by atoms with van der Waals surface area (Å²) in [4.78, 5) is 12.1. The fraction of sp³-hybridized carbons (Fsp3) is 0.556. The molecule has 0 aromatic heterocycles. The van der Waals surface area contributed by atoms with Crippen molar-refractivity contribution in [2.24, 2.45) is 5.92 Å². The smallest absolute Gasteiger partial charge is 0.229 e. The molecule has 6 heteroatoms. The first kappa shape index (κ1) is 18.5. The minimum absolute atomic E-state index is 0.0540. The van der Waals surface area contributed by atoms with Gasteiger partial charge in [0.15, 0.2) is 16.6 Å².